The topological polar surface area (TPSA) is 56.0 Å². The van der Waals surface area contributed by atoms with Gasteiger partial charge in [0, 0.05) is 16.9 Å². The Morgan fingerprint density at radius 3 is 2.84 bits per heavy atom. The number of benzene rings is 1. The van der Waals surface area contributed by atoms with Crippen molar-refractivity contribution < 1.29 is 8.81 Å². The maximum atomic E-state index is 13.1. The number of hydrogen-bond donors (Lipinski definition) is 0. The summed E-state index contributed by atoms with van der Waals surface area (Å²) in [5.74, 6) is -0.351. The first-order valence-corrected chi connectivity index (χ1v) is 6.14. The second-order valence-corrected chi connectivity index (χ2v) is 4.78. The normalized spacial score (nSPS) is 10.8. The Hall–Kier alpha value is -2.08. The number of aromatic nitrogens is 2. The molecule has 0 aliphatic heterocycles. The van der Waals surface area contributed by atoms with E-state index in [9.17, 15) is 9.18 Å². The molecule has 1 aromatic carbocycles. The molecule has 0 atom stereocenters. The van der Waals surface area contributed by atoms with Gasteiger partial charge in [0.1, 0.15) is 5.82 Å². The molecule has 0 bridgehead atoms. The summed E-state index contributed by atoms with van der Waals surface area (Å²) in [7, 11) is 0. The molecule has 0 saturated heterocycles. The smallest absolute Gasteiger partial charge is 0.347 e. The van der Waals surface area contributed by atoms with Gasteiger partial charge in [-0.15, -0.1) is 0 Å². The quantitative estimate of drug-likeness (QED) is 0.691. The van der Waals surface area contributed by atoms with Crippen LogP contribution in [0.4, 0.5) is 4.39 Å². The van der Waals surface area contributed by atoms with E-state index in [0.717, 1.165) is 10.5 Å². The number of hydrogen-bond acceptors (Lipinski definition) is 4. The third-order valence-corrected chi connectivity index (χ3v) is 2.98. The summed E-state index contributed by atoms with van der Waals surface area (Å²) in [6.45, 7) is 0. The van der Waals surface area contributed by atoms with E-state index >= 15 is 0 Å². The average molecular weight is 321 g/mol. The van der Waals surface area contributed by atoms with E-state index < -0.39 is 11.4 Å². The molecule has 0 N–H and O–H groups in total. The number of nitrogens with zero attached hydrogens (tertiary/aromatic N) is 2. The van der Waals surface area contributed by atoms with Crippen LogP contribution in [0.3, 0.4) is 0 Å². The van der Waals surface area contributed by atoms with Crippen molar-refractivity contribution in [3.63, 3.8) is 0 Å². The Labute approximate surface area is 115 Å². The molecule has 2 aromatic heterocycles. The highest BCUT2D eigenvalue weighted by atomic mass is 79.9. The van der Waals surface area contributed by atoms with E-state index in [2.05, 4.69) is 25.9 Å². The summed E-state index contributed by atoms with van der Waals surface area (Å²) in [4.78, 5) is 20.0. The van der Waals surface area contributed by atoms with Gasteiger partial charge >= 0.3 is 5.63 Å². The molecule has 0 aliphatic carbocycles. The second kappa shape index (κ2) is 4.55. The van der Waals surface area contributed by atoms with Crippen molar-refractivity contribution in [2.45, 2.75) is 0 Å². The zero-order valence-electron chi connectivity index (χ0n) is 9.43. The summed E-state index contributed by atoms with van der Waals surface area (Å²) in [5, 5.41) is 0.117. The molecule has 4 nitrogen and oxygen atoms in total. The first-order chi connectivity index (χ1) is 9.13. The Morgan fingerprint density at radius 2 is 2.05 bits per heavy atom. The fourth-order valence-corrected chi connectivity index (χ4v) is 2.06. The predicted molar refractivity (Wildman–Crippen MR) is 71.2 cm³/mol. The van der Waals surface area contributed by atoms with Gasteiger partial charge in [-0.25, -0.2) is 14.2 Å². The summed E-state index contributed by atoms with van der Waals surface area (Å²) in [6.07, 6.45) is 3.14. The highest BCUT2D eigenvalue weighted by molar-refractivity contribution is 9.10. The zero-order chi connectivity index (χ0) is 13.4. The summed E-state index contributed by atoms with van der Waals surface area (Å²) in [6, 6.07) is 5.53. The van der Waals surface area contributed by atoms with Crippen molar-refractivity contribution in [1.29, 1.82) is 0 Å². The van der Waals surface area contributed by atoms with Gasteiger partial charge in [-0.2, -0.15) is 0 Å². The second-order valence-electron chi connectivity index (χ2n) is 3.86. The molecule has 0 spiro atoms. The van der Waals surface area contributed by atoms with Crippen LogP contribution in [0, 0.1) is 5.82 Å². The third-order valence-electron chi connectivity index (χ3n) is 2.54. The molecule has 0 aliphatic rings. The number of pyridine rings is 1. The van der Waals surface area contributed by atoms with E-state index in [1.54, 1.807) is 12.3 Å². The first kappa shape index (κ1) is 12.0. The minimum atomic E-state index is -0.625. The van der Waals surface area contributed by atoms with Gasteiger partial charge in [0.05, 0.1) is 16.5 Å². The zero-order valence-corrected chi connectivity index (χ0v) is 11.0. The lowest BCUT2D eigenvalue weighted by Gasteiger charge is -2.01. The molecule has 0 fully saturated rings. The molecule has 3 rings (SSSR count). The van der Waals surface area contributed by atoms with E-state index in [0.29, 0.717) is 11.1 Å². The molecule has 19 heavy (non-hydrogen) atoms. The Kier molecular flexibility index (Phi) is 2.87. The van der Waals surface area contributed by atoms with Gasteiger partial charge in [-0.3, -0.25) is 4.98 Å². The lowest BCUT2D eigenvalue weighted by Crippen LogP contribution is -2.03. The number of halogens is 2. The largest absolute Gasteiger partial charge is 0.403 e. The molecule has 0 saturated carbocycles. The molecular formula is C13H6BrFN2O2. The van der Waals surface area contributed by atoms with Crippen LogP contribution in [-0.4, -0.2) is 9.97 Å². The lowest BCUT2D eigenvalue weighted by molar-refractivity contribution is 0.517. The van der Waals surface area contributed by atoms with Gasteiger partial charge < -0.3 is 4.42 Å². The van der Waals surface area contributed by atoms with Crippen molar-refractivity contribution >= 4 is 26.8 Å². The highest BCUT2D eigenvalue weighted by Crippen LogP contribution is 2.21. The highest BCUT2D eigenvalue weighted by Gasteiger charge is 2.09. The summed E-state index contributed by atoms with van der Waals surface area (Å²) >= 11 is 3.28. The van der Waals surface area contributed by atoms with Crippen LogP contribution in [0.1, 0.15) is 0 Å². The van der Waals surface area contributed by atoms with Gasteiger partial charge in [0.2, 0.25) is 5.89 Å². The predicted octanol–water partition coefficient (Wildman–Crippen LogP) is 3.15. The van der Waals surface area contributed by atoms with Gasteiger partial charge in [-0.1, -0.05) is 0 Å². The molecule has 0 radical (unpaired) electrons. The average Bonchev–Trinajstić information content (AvgIpc) is 2.39. The Bertz CT molecular complexity index is 832. The van der Waals surface area contributed by atoms with Gasteiger partial charge in [0.25, 0.3) is 0 Å². The fourth-order valence-electron chi connectivity index (χ4n) is 1.70. The van der Waals surface area contributed by atoms with E-state index in [1.165, 1.54) is 18.3 Å². The minimum absolute atomic E-state index is 0.117. The summed E-state index contributed by atoms with van der Waals surface area (Å²) in [5.41, 5.74) is 0.324. The van der Waals surface area contributed by atoms with Crippen molar-refractivity contribution in [2.24, 2.45) is 0 Å². The number of rotatable bonds is 1. The van der Waals surface area contributed by atoms with Crippen molar-refractivity contribution in [3.05, 3.63) is 57.4 Å². The van der Waals surface area contributed by atoms with Crippen LogP contribution in [-0.2, 0) is 0 Å². The Morgan fingerprint density at radius 1 is 1.21 bits per heavy atom. The van der Waals surface area contributed by atoms with Crippen LogP contribution < -0.4 is 5.63 Å². The maximum absolute atomic E-state index is 13.1. The molecule has 6 heteroatoms. The number of fused-ring (bicyclic) bond motifs is 1. The third kappa shape index (κ3) is 2.26. The van der Waals surface area contributed by atoms with Gasteiger partial charge in [0.15, 0.2) is 0 Å². The van der Waals surface area contributed by atoms with E-state index in [4.69, 9.17) is 4.42 Å². The van der Waals surface area contributed by atoms with Crippen LogP contribution in [0.2, 0.25) is 0 Å². The van der Waals surface area contributed by atoms with Crippen molar-refractivity contribution in [1.82, 2.24) is 9.97 Å². The molecule has 0 amide bonds. The first-order valence-electron chi connectivity index (χ1n) is 5.35. The van der Waals surface area contributed by atoms with Crippen LogP contribution in [0.5, 0.6) is 0 Å². The lowest BCUT2D eigenvalue weighted by atomic mass is 10.2. The van der Waals surface area contributed by atoms with Crippen LogP contribution >= 0.6 is 15.9 Å². The van der Waals surface area contributed by atoms with Crippen LogP contribution in [0.25, 0.3) is 22.4 Å². The van der Waals surface area contributed by atoms with Gasteiger partial charge in [-0.05, 0) is 40.2 Å². The molecule has 3 aromatic rings. The van der Waals surface area contributed by atoms with Crippen molar-refractivity contribution in [2.75, 3.05) is 0 Å². The fraction of sp³-hybridized carbons (Fsp3) is 0. The molecule has 2 heterocycles. The molecule has 0 unspecified atom stereocenters. The molecular weight excluding hydrogens is 315 g/mol. The summed E-state index contributed by atoms with van der Waals surface area (Å²) < 4.78 is 18.9. The monoisotopic (exact) mass is 320 g/mol. The van der Waals surface area contributed by atoms with E-state index in [1.807, 2.05) is 0 Å². The van der Waals surface area contributed by atoms with Crippen LogP contribution in [0.15, 0.2) is 50.3 Å². The Balaban J connectivity index is 2.27. The maximum Gasteiger partial charge on any atom is 0.347 e. The SMILES string of the molecule is O=c1oc(-c2cncc(Br)c2)nc2ccc(F)cc12. The standard InChI is InChI=1S/C13H6BrFN2O2/c14-8-3-7(5-16-6-8)12-17-11-2-1-9(15)4-10(11)13(18)19-12/h1-6H. The minimum Gasteiger partial charge on any atom is -0.403 e. The van der Waals surface area contributed by atoms with Crippen molar-refractivity contribution in [3.8, 4) is 11.5 Å². The van der Waals surface area contributed by atoms with E-state index in [-0.39, 0.29) is 11.3 Å². The molecule has 94 valence electrons.